The maximum atomic E-state index is 12.2. The van der Waals surface area contributed by atoms with Gasteiger partial charge in [-0.3, -0.25) is 4.79 Å². The summed E-state index contributed by atoms with van der Waals surface area (Å²) in [5.41, 5.74) is 0. The van der Waals surface area contributed by atoms with Crippen molar-refractivity contribution in [2.45, 2.75) is 24.0 Å². The van der Waals surface area contributed by atoms with Crippen LogP contribution in [0.4, 0.5) is 5.13 Å². The number of hydrogen-bond donors (Lipinski definition) is 1. The van der Waals surface area contributed by atoms with Crippen LogP contribution in [0.25, 0.3) is 0 Å². The number of hydrogen-bond acceptors (Lipinski definition) is 7. The first-order chi connectivity index (χ1) is 11.0. The zero-order chi connectivity index (χ0) is 16.7. The Morgan fingerprint density at radius 1 is 1.26 bits per heavy atom. The molecule has 9 heteroatoms. The van der Waals surface area contributed by atoms with Crippen molar-refractivity contribution in [1.82, 2.24) is 10.2 Å². The molecule has 2 aromatic rings. The van der Waals surface area contributed by atoms with Crippen molar-refractivity contribution >= 4 is 32.2 Å². The Morgan fingerprint density at radius 2 is 2.00 bits per heavy atom. The fraction of sp³-hybridized carbons (Fsp3) is 0.357. The van der Waals surface area contributed by atoms with Crippen molar-refractivity contribution in [3.05, 3.63) is 35.3 Å². The molecule has 0 atom stereocenters. The molecule has 0 fully saturated rings. The average Bonchev–Trinajstić information content (AvgIpc) is 2.94. The van der Waals surface area contributed by atoms with Crippen LogP contribution < -0.4 is 5.32 Å². The molecule has 0 saturated heterocycles. The molecule has 0 aliphatic heterocycles. The molecule has 0 radical (unpaired) electrons. The molecule has 124 valence electrons. The smallest absolute Gasteiger partial charge is 0.228 e. The van der Waals surface area contributed by atoms with Crippen molar-refractivity contribution in [2.24, 2.45) is 0 Å². The van der Waals surface area contributed by atoms with Crippen molar-refractivity contribution in [2.75, 3.05) is 18.5 Å². The quantitative estimate of drug-likeness (QED) is 0.726. The predicted octanol–water partition coefficient (Wildman–Crippen LogP) is 1.88. The fourth-order valence-electron chi connectivity index (χ4n) is 1.73. The van der Waals surface area contributed by atoms with E-state index in [1.165, 1.54) is 12.1 Å². The van der Waals surface area contributed by atoms with E-state index in [2.05, 4.69) is 15.5 Å². The zero-order valence-corrected chi connectivity index (χ0v) is 14.2. The number of anilines is 1. The molecule has 0 bridgehead atoms. The second kappa shape index (κ2) is 8.14. The highest BCUT2D eigenvalue weighted by Gasteiger charge is 2.18. The maximum Gasteiger partial charge on any atom is 0.228 e. The summed E-state index contributed by atoms with van der Waals surface area (Å²) in [4.78, 5) is 11.9. The van der Waals surface area contributed by atoms with Gasteiger partial charge < -0.3 is 10.1 Å². The van der Waals surface area contributed by atoms with Crippen LogP contribution in [-0.2, 0) is 25.1 Å². The Bertz CT molecular complexity index is 744. The van der Waals surface area contributed by atoms with E-state index in [0.29, 0.717) is 18.2 Å². The number of nitrogens with one attached hydrogen (secondary N) is 1. The summed E-state index contributed by atoms with van der Waals surface area (Å²) in [5.74, 6) is -0.490. The summed E-state index contributed by atoms with van der Waals surface area (Å²) < 4.78 is 29.6. The largest absolute Gasteiger partial charge is 0.381 e. The SMILES string of the molecule is CCOCCC(=O)Nc1nnc(CS(=O)(=O)c2ccccc2)s1. The third kappa shape index (κ3) is 5.38. The van der Waals surface area contributed by atoms with Crippen LogP contribution in [0.2, 0.25) is 0 Å². The molecule has 7 nitrogen and oxygen atoms in total. The number of sulfone groups is 1. The highest BCUT2D eigenvalue weighted by molar-refractivity contribution is 7.90. The van der Waals surface area contributed by atoms with Crippen LogP contribution in [0.1, 0.15) is 18.4 Å². The zero-order valence-electron chi connectivity index (χ0n) is 12.6. The third-order valence-corrected chi connectivity index (χ3v) is 5.47. The summed E-state index contributed by atoms with van der Waals surface area (Å²) in [7, 11) is -3.47. The van der Waals surface area contributed by atoms with Gasteiger partial charge in [0.15, 0.2) is 9.84 Å². The minimum atomic E-state index is -3.47. The molecule has 0 aliphatic carbocycles. The summed E-state index contributed by atoms with van der Waals surface area (Å²) in [6.45, 7) is 2.73. The first kappa shape index (κ1) is 17.5. The predicted molar refractivity (Wildman–Crippen MR) is 87.0 cm³/mol. The first-order valence-electron chi connectivity index (χ1n) is 6.99. The number of aromatic nitrogens is 2. The lowest BCUT2D eigenvalue weighted by Crippen LogP contribution is -2.13. The number of nitrogens with zero attached hydrogens (tertiary/aromatic N) is 2. The Balaban J connectivity index is 1.96. The summed E-state index contributed by atoms with van der Waals surface area (Å²) in [6.07, 6.45) is 0.213. The molecule has 23 heavy (non-hydrogen) atoms. The normalized spacial score (nSPS) is 11.3. The van der Waals surface area contributed by atoms with Crippen molar-refractivity contribution in [1.29, 1.82) is 0 Å². The van der Waals surface area contributed by atoms with Gasteiger partial charge in [-0.15, -0.1) is 10.2 Å². The lowest BCUT2D eigenvalue weighted by atomic mass is 10.4. The van der Waals surface area contributed by atoms with Gasteiger partial charge in [0.2, 0.25) is 11.0 Å². The van der Waals surface area contributed by atoms with Crippen LogP contribution in [0.3, 0.4) is 0 Å². The van der Waals surface area contributed by atoms with Crippen molar-refractivity contribution in [3.63, 3.8) is 0 Å². The molecule has 1 aromatic heterocycles. The molecule has 0 aliphatic rings. The van der Waals surface area contributed by atoms with Crippen LogP contribution in [0.5, 0.6) is 0 Å². The molecule has 0 spiro atoms. The van der Waals surface area contributed by atoms with Gasteiger partial charge in [-0.25, -0.2) is 8.42 Å². The lowest BCUT2D eigenvalue weighted by molar-refractivity contribution is -0.117. The fourth-order valence-corrected chi connectivity index (χ4v) is 4.10. The molecule has 1 amide bonds. The van der Waals surface area contributed by atoms with E-state index < -0.39 is 9.84 Å². The molecule has 0 unspecified atom stereocenters. The van der Waals surface area contributed by atoms with Crippen molar-refractivity contribution < 1.29 is 17.9 Å². The number of carbonyl (C=O) groups excluding carboxylic acids is 1. The molecule has 2 rings (SSSR count). The van der Waals surface area contributed by atoms with E-state index in [1.807, 2.05) is 6.92 Å². The molecular formula is C14H17N3O4S2. The molecule has 1 aromatic carbocycles. The van der Waals surface area contributed by atoms with E-state index in [4.69, 9.17) is 4.74 Å². The topological polar surface area (TPSA) is 98.2 Å². The number of carbonyl (C=O) groups is 1. The highest BCUT2D eigenvalue weighted by atomic mass is 32.2. The molecule has 1 N–H and O–H groups in total. The Morgan fingerprint density at radius 3 is 2.70 bits per heavy atom. The minimum Gasteiger partial charge on any atom is -0.381 e. The number of rotatable bonds is 8. The summed E-state index contributed by atoms with van der Waals surface area (Å²) in [5, 5.41) is 10.8. The van der Waals surface area contributed by atoms with Crippen LogP contribution in [0, 0.1) is 0 Å². The molecular weight excluding hydrogens is 338 g/mol. The number of benzene rings is 1. The van der Waals surface area contributed by atoms with Crippen LogP contribution in [0.15, 0.2) is 35.2 Å². The van der Waals surface area contributed by atoms with E-state index >= 15 is 0 Å². The number of ether oxygens (including phenoxy) is 1. The maximum absolute atomic E-state index is 12.2. The van der Waals surface area contributed by atoms with Gasteiger partial charge in [0.25, 0.3) is 0 Å². The summed E-state index contributed by atoms with van der Waals surface area (Å²) in [6, 6.07) is 8.15. The molecule has 0 saturated carbocycles. The number of amides is 1. The third-order valence-electron chi connectivity index (χ3n) is 2.81. The summed E-state index contributed by atoms with van der Waals surface area (Å²) >= 11 is 1.05. The van der Waals surface area contributed by atoms with E-state index in [1.54, 1.807) is 18.2 Å². The second-order valence-electron chi connectivity index (χ2n) is 4.57. The van der Waals surface area contributed by atoms with Crippen LogP contribution >= 0.6 is 11.3 Å². The van der Waals surface area contributed by atoms with Gasteiger partial charge in [0, 0.05) is 6.61 Å². The van der Waals surface area contributed by atoms with Gasteiger partial charge in [0.05, 0.1) is 17.9 Å². The van der Waals surface area contributed by atoms with Gasteiger partial charge in [0.1, 0.15) is 10.8 Å². The minimum absolute atomic E-state index is 0.213. The molecule has 1 heterocycles. The van der Waals surface area contributed by atoms with E-state index in [0.717, 1.165) is 11.3 Å². The lowest BCUT2D eigenvalue weighted by Gasteiger charge is -2.01. The Hall–Kier alpha value is -1.84. The standard InChI is InChI=1S/C14H17N3O4S2/c1-2-21-9-8-12(18)15-14-17-16-13(22-14)10-23(19,20)11-6-4-3-5-7-11/h3-7H,2,8-10H2,1H3,(H,15,17,18). The second-order valence-corrected chi connectivity index (χ2v) is 7.62. The van der Waals surface area contributed by atoms with Gasteiger partial charge >= 0.3 is 0 Å². The van der Waals surface area contributed by atoms with Crippen molar-refractivity contribution in [3.8, 4) is 0 Å². The van der Waals surface area contributed by atoms with Gasteiger partial charge in [-0.1, -0.05) is 29.5 Å². The van der Waals surface area contributed by atoms with Gasteiger partial charge in [-0.2, -0.15) is 0 Å². The van der Waals surface area contributed by atoms with E-state index in [9.17, 15) is 13.2 Å². The van der Waals surface area contributed by atoms with E-state index in [-0.39, 0.29) is 28.1 Å². The highest BCUT2D eigenvalue weighted by Crippen LogP contribution is 2.21. The average molecular weight is 355 g/mol. The van der Waals surface area contributed by atoms with Crippen LogP contribution in [-0.4, -0.2) is 37.7 Å². The Kier molecular flexibility index (Phi) is 6.20. The monoisotopic (exact) mass is 355 g/mol. The Labute approximate surface area is 138 Å². The van der Waals surface area contributed by atoms with Gasteiger partial charge in [-0.05, 0) is 19.1 Å². The first-order valence-corrected chi connectivity index (χ1v) is 9.46.